The largest absolute Gasteiger partial charge is 0.444 e. The van der Waals surface area contributed by atoms with Gasteiger partial charge in [0.25, 0.3) is 0 Å². The summed E-state index contributed by atoms with van der Waals surface area (Å²) in [6, 6.07) is 0.359. The zero-order valence-corrected chi connectivity index (χ0v) is 17.0. The van der Waals surface area contributed by atoms with Gasteiger partial charge in [-0.15, -0.1) is 6.58 Å². The molecule has 2 heterocycles. The molecule has 2 atom stereocenters. The number of carbonyl (C=O) groups is 2. The molecule has 2 saturated heterocycles. The van der Waals surface area contributed by atoms with Crippen LogP contribution < -0.4 is 0 Å². The summed E-state index contributed by atoms with van der Waals surface area (Å²) in [7, 11) is 0. The van der Waals surface area contributed by atoms with Crippen molar-refractivity contribution in [2.75, 3.05) is 0 Å². The lowest BCUT2D eigenvalue weighted by molar-refractivity contribution is -0.127. The van der Waals surface area contributed by atoms with Gasteiger partial charge in [-0.2, -0.15) is 0 Å². The number of hydrogen-bond acceptors (Lipinski definition) is 3. The highest BCUT2D eigenvalue weighted by Gasteiger charge is 2.44. The van der Waals surface area contributed by atoms with Crippen molar-refractivity contribution in [3.8, 4) is 0 Å². The molecule has 4 nitrogen and oxygen atoms in total. The standard InChI is InChI=1S/C22H37NO3/c1-5-6-7-8-9-10-14-20(24)17-15-18-12-11-13-19(16-17)23(18)21(25)26-22(2,3)4/h5,17-19H,1,6-16H2,2-4H3. The van der Waals surface area contributed by atoms with Gasteiger partial charge in [-0.25, -0.2) is 4.79 Å². The predicted octanol–water partition coefficient (Wildman–Crippen LogP) is 5.65. The van der Waals surface area contributed by atoms with Crippen LogP contribution in [0.4, 0.5) is 4.79 Å². The first kappa shape index (κ1) is 21.0. The third kappa shape index (κ3) is 6.14. The number of hydrogen-bond donors (Lipinski definition) is 0. The second-order valence-corrected chi connectivity index (χ2v) is 9.00. The van der Waals surface area contributed by atoms with Gasteiger partial charge in [-0.05, 0) is 72.1 Å². The molecule has 0 spiro atoms. The normalized spacial score (nSPS) is 25.7. The molecule has 2 aliphatic heterocycles. The molecule has 2 fully saturated rings. The average Bonchev–Trinajstić information content (AvgIpc) is 2.55. The van der Waals surface area contributed by atoms with E-state index in [0.29, 0.717) is 12.2 Å². The third-order valence-electron chi connectivity index (χ3n) is 5.62. The zero-order valence-electron chi connectivity index (χ0n) is 17.0. The van der Waals surface area contributed by atoms with Crippen LogP contribution in [0.15, 0.2) is 12.7 Å². The Morgan fingerprint density at radius 3 is 2.27 bits per heavy atom. The van der Waals surface area contributed by atoms with Gasteiger partial charge in [0, 0.05) is 24.4 Å². The second kappa shape index (κ2) is 9.57. The van der Waals surface area contributed by atoms with Crippen LogP contribution in [0.5, 0.6) is 0 Å². The van der Waals surface area contributed by atoms with Crippen molar-refractivity contribution in [2.45, 2.75) is 109 Å². The van der Waals surface area contributed by atoms with E-state index in [2.05, 4.69) is 6.58 Å². The van der Waals surface area contributed by atoms with Gasteiger partial charge < -0.3 is 9.64 Å². The molecule has 2 aliphatic rings. The molecule has 2 rings (SSSR count). The second-order valence-electron chi connectivity index (χ2n) is 9.00. The van der Waals surface area contributed by atoms with E-state index in [4.69, 9.17) is 4.74 Å². The van der Waals surface area contributed by atoms with Gasteiger partial charge in [0.05, 0.1) is 0 Å². The van der Waals surface area contributed by atoms with Crippen LogP contribution in [-0.4, -0.2) is 34.5 Å². The molecule has 0 aromatic carbocycles. The first-order valence-electron chi connectivity index (χ1n) is 10.5. The van der Waals surface area contributed by atoms with Crippen molar-refractivity contribution < 1.29 is 14.3 Å². The highest BCUT2D eigenvalue weighted by atomic mass is 16.6. The summed E-state index contributed by atoms with van der Waals surface area (Å²) in [4.78, 5) is 27.2. The number of amides is 1. The van der Waals surface area contributed by atoms with Crippen molar-refractivity contribution in [1.82, 2.24) is 4.90 Å². The van der Waals surface area contributed by atoms with Crippen LogP contribution in [0.1, 0.15) is 91.4 Å². The molecule has 26 heavy (non-hydrogen) atoms. The quantitative estimate of drug-likeness (QED) is 0.413. The van der Waals surface area contributed by atoms with Gasteiger partial charge in [0.15, 0.2) is 0 Å². The topological polar surface area (TPSA) is 46.6 Å². The Morgan fingerprint density at radius 2 is 1.69 bits per heavy atom. The summed E-state index contributed by atoms with van der Waals surface area (Å²) in [5.41, 5.74) is -0.469. The van der Waals surface area contributed by atoms with Crippen molar-refractivity contribution in [3.63, 3.8) is 0 Å². The molecule has 0 aromatic rings. The maximum atomic E-state index is 12.7. The van der Waals surface area contributed by atoms with Gasteiger partial charge in [0.2, 0.25) is 0 Å². The number of allylic oxidation sites excluding steroid dienone is 1. The highest BCUT2D eigenvalue weighted by Crippen LogP contribution is 2.38. The highest BCUT2D eigenvalue weighted by molar-refractivity contribution is 5.81. The number of piperidine rings is 2. The Hall–Kier alpha value is -1.32. The summed E-state index contributed by atoms with van der Waals surface area (Å²) in [6.45, 7) is 9.47. The monoisotopic (exact) mass is 363 g/mol. The fourth-order valence-electron chi connectivity index (χ4n) is 4.40. The van der Waals surface area contributed by atoms with Crippen LogP contribution in [0.25, 0.3) is 0 Å². The van der Waals surface area contributed by atoms with Gasteiger partial charge in [-0.1, -0.05) is 18.9 Å². The van der Waals surface area contributed by atoms with Crippen LogP contribution in [0.2, 0.25) is 0 Å². The van der Waals surface area contributed by atoms with E-state index in [-0.39, 0.29) is 24.1 Å². The number of ketones is 1. The van der Waals surface area contributed by atoms with Crippen molar-refractivity contribution in [2.24, 2.45) is 5.92 Å². The van der Waals surface area contributed by atoms with E-state index in [1.807, 2.05) is 31.7 Å². The summed E-state index contributed by atoms with van der Waals surface area (Å²) in [6.07, 6.45) is 12.8. The molecule has 0 radical (unpaired) electrons. The Kier molecular flexibility index (Phi) is 7.72. The first-order valence-corrected chi connectivity index (χ1v) is 10.5. The van der Waals surface area contributed by atoms with Crippen molar-refractivity contribution >= 4 is 11.9 Å². The molecule has 0 saturated carbocycles. The molecule has 1 amide bonds. The first-order chi connectivity index (χ1) is 12.3. The fraction of sp³-hybridized carbons (Fsp3) is 0.818. The average molecular weight is 364 g/mol. The number of ether oxygens (including phenoxy) is 1. The molecule has 2 unspecified atom stereocenters. The molecule has 2 bridgehead atoms. The van der Waals surface area contributed by atoms with Gasteiger partial charge in [0.1, 0.15) is 11.4 Å². The molecule has 4 heteroatoms. The Bertz CT molecular complexity index is 480. The SMILES string of the molecule is C=CCCCCCCC(=O)C1CC2CCCC(C1)N2C(=O)OC(C)(C)C. The lowest BCUT2D eigenvalue weighted by atomic mass is 9.76. The van der Waals surface area contributed by atoms with E-state index < -0.39 is 5.60 Å². The number of fused-ring (bicyclic) bond motifs is 2. The molecular formula is C22H37NO3. The van der Waals surface area contributed by atoms with Gasteiger partial charge in [-0.3, -0.25) is 4.79 Å². The van der Waals surface area contributed by atoms with Gasteiger partial charge >= 0.3 is 6.09 Å². The van der Waals surface area contributed by atoms with E-state index in [1.165, 1.54) is 12.8 Å². The third-order valence-corrected chi connectivity index (χ3v) is 5.62. The smallest absolute Gasteiger partial charge is 0.410 e. The summed E-state index contributed by atoms with van der Waals surface area (Å²) < 4.78 is 5.62. The maximum absolute atomic E-state index is 12.7. The minimum Gasteiger partial charge on any atom is -0.444 e. The van der Waals surface area contributed by atoms with Crippen LogP contribution >= 0.6 is 0 Å². The van der Waals surface area contributed by atoms with E-state index in [9.17, 15) is 9.59 Å². The number of Topliss-reactive ketones (excluding diaryl/α,β-unsaturated/α-hetero) is 1. The Labute approximate surface area is 159 Å². The minimum absolute atomic E-state index is 0.136. The lowest BCUT2D eigenvalue weighted by Crippen LogP contribution is -2.56. The Balaban J connectivity index is 1.83. The van der Waals surface area contributed by atoms with Crippen molar-refractivity contribution in [3.05, 3.63) is 12.7 Å². The van der Waals surface area contributed by atoms with Crippen LogP contribution in [0, 0.1) is 5.92 Å². The lowest BCUT2D eigenvalue weighted by Gasteiger charge is -2.48. The number of carbonyl (C=O) groups excluding carboxylic acids is 2. The van der Waals surface area contributed by atoms with Crippen LogP contribution in [0.3, 0.4) is 0 Å². The van der Waals surface area contributed by atoms with Crippen LogP contribution in [-0.2, 0) is 9.53 Å². The predicted molar refractivity (Wildman–Crippen MR) is 105 cm³/mol. The molecule has 0 aromatic heterocycles. The fourth-order valence-corrected chi connectivity index (χ4v) is 4.40. The zero-order chi connectivity index (χ0) is 19.2. The Morgan fingerprint density at radius 1 is 1.08 bits per heavy atom. The van der Waals surface area contributed by atoms with E-state index in [1.54, 1.807) is 0 Å². The number of rotatable bonds is 8. The molecular weight excluding hydrogens is 326 g/mol. The number of nitrogens with zero attached hydrogens (tertiary/aromatic N) is 1. The summed E-state index contributed by atoms with van der Waals surface area (Å²) >= 11 is 0. The molecule has 148 valence electrons. The minimum atomic E-state index is -0.469. The number of unbranched alkanes of at least 4 members (excludes halogenated alkanes) is 4. The summed E-state index contributed by atoms with van der Waals surface area (Å²) in [5.74, 6) is 0.548. The maximum Gasteiger partial charge on any atom is 0.410 e. The molecule has 0 aliphatic carbocycles. The molecule has 0 N–H and O–H groups in total. The van der Waals surface area contributed by atoms with E-state index in [0.717, 1.165) is 51.4 Å². The van der Waals surface area contributed by atoms with Crippen molar-refractivity contribution in [1.29, 1.82) is 0 Å². The van der Waals surface area contributed by atoms with E-state index >= 15 is 0 Å². The summed E-state index contributed by atoms with van der Waals surface area (Å²) in [5, 5.41) is 0.